The van der Waals surface area contributed by atoms with Gasteiger partial charge >= 0.3 is 0 Å². The predicted octanol–water partition coefficient (Wildman–Crippen LogP) is 4.15. The second kappa shape index (κ2) is 7.60. The maximum Gasteiger partial charge on any atom is 0.274 e. The molecule has 0 aliphatic carbocycles. The first-order valence-electron chi connectivity index (χ1n) is 11.2. The minimum atomic E-state index is 0.340. The van der Waals surface area contributed by atoms with Crippen LogP contribution in [0, 0.1) is 0 Å². The van der Waals surface area contributed by atoms with Crippen LogP contribution in [0.2, 0.25) is 0 Å². The van der Waals surface area contributed by atoms with E-state index in [1.165, 1.54) is 10.9 Å². The summed E-state index contributed by atoms with van der Waals surface area (Å²) in [6, 6.07) is 22.8. The highest BCUT2D eigenvalue weighted by Crippen LogP contribution is 2.33. The molecule has 34 heavy (non-hydrogen) atoms. The highest BCUT2D eigenvalue weighted by Gasteiger charge is 2.31. The van der Waals surface area contributed by atoms with E-state index in [4.69, 9.17) is 9.51 Å². The van der Waals surface area contributed by atoms with Crippen molar-refractivity contribution in [2.45, 2.75) is 12.5 Å². The zero-order chi connectivity index (χ0) is 22.5. The van der Waals surface area contributed by atoms with Crippen LogP contribution in [-0.4, -0.2) is 53.7 Å². The van der Waals surface area contributed by atoms with Gasteiger partial charge in [0.1, 0.15) is 5.69 Å². The number of hydrogen-bond acceptors (Lipinski definition) is 7. The van der Waals surface area contributed by atoms with Crippen LogP contribution in [0.4, 0.5) is 0 Å². The lowest BCUT2D eigenvalue weighted by atomic mass is 9.95. The molecule has 7 rings (SSSR count). The lowest BCUT2D eigenvalue weighted by Gasteiger charge is -2.37. The molecular formula is C25H20N8O. The number of benzene rings is 3. The largest absolute Gasteiger partial charge is 0.351 e. The Balaban J connectivity index is 1.18. The highest BCUT2D eigenvalue weighted by molar-refractivity contribution is 5.97. The quantitative estimate of drug-likeness (QED) is 0.407. The molecule has 0 radical (unpaired) electrons. The van der Waals surface area contributed by atoms with Crippen LogP contribution in [0.3, 0.4) is 0 Å². The van der Waals surface area contributed by atoms with Gasteiger partial charge in [0.05, 0.1) is 0 Å². The third kappa shape index (κ3) is 3.17. The predicted molar refractivity (Wildman–Crippen MR) is 127 cm³/mol. The van der Waals surface area contributed by atoms with E-state index in [2.05, 4.69) is 72.1 Å². The van der Waals surface area contributed by atoms with Crippen molar-refractivity contribution in [3.05, 3.63) is 78.1 Å². The summed E-state index contributed by atoms with van der Waals surface area (Å²) in [6.07, 6.45) is 0. The summed E-state index contributed by atoms with van der Waals surface area (Å²) < 4.78 is 5.63. The molecule has 0 bridgehead atoms. The molecule has 1 aliphatic rings. The van der Waals surface area contributed by atoms with Crippen molar-refractivity contribution in [1.29, 1.82) is 0 Å². The van der Waals surface area contributed by atoms with Gasteiger partial charge < -0.3 is 9.51 Å². The van der Waals surface area contributed by atoms with Gasteiger partial charge in [-0.1, -0.05) is 65.0 Å². The van der Waals surface area contributed by atoms with Crippen molar-refractivity contribution in [3.63, 3.8) is 0 Å². The molecule has 1 saturated heterocycles. The molecule has 1 aliphatic heterocycles. The molecule has 3 aromatic heterocycles. The summed E-state index contributed by atoms with van der Waals surface area (Å²) in [4.78, 5) is 10.5. The van der Waals surface area contributed by atoms with Crippen LogP contribution in [0.25, 0.3) is 44.6 Å². The fourth-order valence-corrected chi connectivity index (χ4v) is 4.77. The van der Waals surface area contributed by atoms with Gasteiger partial charge in [-0.05, 0) is 28.5 Å². The summed E-state index contributed by atoms with van der Waals surface area (Å²) in [6.45, 7) is 2.71. The van der Waals surface area contributed by atoms with E-state index in [1.54, 1.807) is 0 Å². The van der Waals surface area contributed by atoms with Gasteiger partial charge in [-0.15, -0.1) is 10.2 Å². The maximum atomic E-state index is 5.63. The zero-order valence-electron chi connectivity index (χ0n) is 18.1. The lowest BCUT2D eigenvalue weighted by Crippen LogP contribution is -2.44. The molecule has 0 atom stereocenters. The minimum Gasteiger partial charge on any atom is -0.351 e. The van der Waals surface area contributed by atoms with Gasteiger partial charge in [0.15, 0.2) is 5.82 Å². The van der Waals surface area contributed by atoms with Gasteiger partial charge in [-0.3, -0.25) is 4.90 Å². The first-order chi connectivity index (χ1) is 16.8. The smallest absolute Gasteiger partial charge is 0.274 e. The van der Waals surface area contributed by atoms with Crippen LogP contribution in [0.1, 0.15) is 17.3 Å². The molecule has 3 aromatic carbocycles. The first-order valence-corrected chi connectivity index (χ1v) is 11.2. The van der Waals surface area contributed by atoms with E-state index in [0.717, 1.165) is 53.0 Å². The zero-order valence-corrected chi connectivity index (χ0v) is 18.1. The van der Waals surface area contributed by atoms with E-state index in [0.29, 0.717) is 17.6 Å². The number of nitrogens with one attached hydrogen (secondary N) is 2. The number of nitrogens with zero attached hydrogens (tertiary/aromatic N) is 6. The fraction of sp³-hybridized carbons (Fsp3) is 0.160. The summed E-state index contributed by atoms with van der Waals surface area (Å²) >= 11 is 0. The molecule has 9 heteroatoms. The molecule has 166 valence electrons. The Morgan fingerprint density at radius 1 is 0.971 bits per heavy atom. The Morgan fingerprint density at radius 3 is 2.68 bits per heavy atom. The monoisotopic (exact) mass is 448 g/mol. The van der Waals surface area contributed by atoms with Gasteiger partial charge in [-0.25, -0.2) is 0 Å². The Bertz CT molecular complexity index is 1580. The van der Waals surface area contributed by atoms with E-state index in [-0.39, 0.29) is 0 Å². The standard InChI is InChI=1S/C25H20N8O/c1-4-8-21-15(5-1)11-22(26-21)25-27-24(30-34-25)20-10-9-16(18-6-2-3-7-19(18)20)12-33-13-17(14-33)23-28-31-32-29-23/h1-11,17,26H,12-14H2,(H,28,29,31,32). The second-order valence-electron chi connectivity index (χ2n) is 8.67. The number of hydrogen-bond donors (Lipinski definition) is 2. The molecule has 0 amide bonds. The number of para-hydroxylation sites is 1. The average molecular weight is 448 g/mol. The average Bonchev–Trinajstić information content (AvgIpc) is 3.61. The highest BCUT2D eigenvalue weighted by atomic mass is 16.5. The number of H-pyrrole nitrogens is 2. The number of rotatable bonds is 5. The summed E-state index contributed by atoms with van der Waals surface area (Å²) in [5.74, 6) is 2.19. The first kappa shape index (κ1) is 19.1. The van der Waals surface area contributed by atoms with Gasteiger partial charge in [-0.2, -0.15) is 10.2 Å². The van der Waals surface area contributed by atoms with Gasteiger partial charge in [0.25, 0.3) is 5.89 Å². The minimum absolute atomic E-state index is 0.340. The third-order valence-electron chi connectivity index (χ3n) is 6.52. The Kier molecular flexibility index (Phi) is 4.28. The number of aromatic nitrogens is 7. The van der Waals surface area contributed by atoms with Crippen molar-refractivity contribution in [1.82, 2.24) is 40.6 Å². The van der Waals surface area contributed by atoms with Crippen molar-refractivity contribution in [2.75, 3.05) is 13.1 Å². The summed E-state index contributed by atoms with van der Waals surface area (Å²) in [5.41, 5.74) is 4.08. The van der Waals surface area contributed by atoms with Crippen LogP contribution in [0.5, 0.6) is 0 Å². The summed E-state index contributed by atoms with van der Waals surface area (Å²) in [7, 11) is 0. The molecular weight excluding hydrogens is 428 g/mol. The van der Waals surface area contributed by atoms with E-state index in [1.807, 2.05) is 30.3 Å². The van der Waals surface area contributed by atoms with Crippen molar-refractivity contribution in [3.8, 4) is 23.0 Å². The van der Waals surface area contributed by atoms with Crippen molar-refractivity contribution < 1.29 is 4.52 Å². The molecule has 2 N–H and O–H groups in total. The molecule has 0 saturated carbocycles. The number of aromatic amines is 2. The molecule has 9 nitrogen and oxygen atoms in total. The van der Waals surface area contributed by atoms with E-state index in [9.17, 15) is 0 Å². The van der Waals surface area contributed by atoms with Gasteiger partial charge in [0.2, 0.25) is 5.82 Å². The van der Waals surface area contributed by atoms with Gasteiger partial charge in [0, 0.05) is 42.0 Å². The molecule has 6 aromatic rings. The Morgan fingerprint density at radius 2 is 1.82 bits per heavy atom. The topological polar surface area (TPSA) is 112 Å². The van der Waals surface area contributed by atoms with Crippen LogP contribution in [0.15, 0.2) is 71.3 Å². The Labute approximate surface area is 193 Å². The van der Waals surface area contributed by atoms with Crippen LogP contribution < -0.4 is 0 Å². The number of fused-ring (bicyclic) bond motifs is 2. The van der Waals surface area contributed by atoms with Crippen molar-refractivity contribution in [2.24, 2.45) is 0 Å². The van der Waals surface area contributed by atoms with E-state index >= 15 is 0 Å². The fourth-order valence-electron chi connectivity index (χ4n) is 4.77. The van der Waals surface area contributed by atoms with E-state index < -0.39 is 0 Å². The molecule has 1 fully saturated rings. The van der Waals surface area contributed by atoms with Crippen LogP contribution >= 0.6 is 0 Å². The SMILES string of the molecule is c1ccc2[nH]c(-c3nc(-c4ccc(CN5CC(c6nn[nH]n6)C5)c5ccccc45)no3)cc2c1. The Hall–Kier alpha value is -4.37. The number of tetrazole rings is 1. The van der Waals surface area contributed by atoms with Crippen molar-refractivity contribution >= 4 is 21.7 Å². The molecule has 4 heterocycles. The summed E-state index contributed by atoms with van der Waals surface area (Å²) in [5, 5.41) is 22.1. The second-order valence-corrected chi connectivity index (χ2v) is 8.67. The molecule has 0 unspecified atom stereocenters. The molecule has 0 spiro atoms. The lowest BCUT2D eigenvalue weighted by molar-refractivity contribution is 0.135. The third-order valence-corrected chi connectivity index (χ3v) is 6.52. The number of likely N-dealkylation sites (tertiary alicyclic amines) is 1. The van der Waals surface area contributed by atoms with Crippen LogP contribution in [-0.2, 0) is 6.54 Å². The normalized spacial score (nSPS) is 14.7. The maximum absolute atomic E-state index is 5.63.